The Bertz CT molecular complexity index is 941. The fourth-order valence-corrected chi connectivity index (χ4v) is 2.73. The van der Waals surface area contributed by atoms with Crippen LogP contribution >= 0.6 is 11.3 Å². The van der Waals surface area contributed by atoms with E-state index in [0.29, 0.717) is 22.6 Å². The molecule has 3 rings (SSSR count). The van der Waals surface area contributed by atoms with Crippen molar-refractivity contribution in [2.24, 2.45) is 0 Å². The minimum Gasteiger partial charge on any atom is -0.483 e. The summed E-state index contributed by atoms with van der Waals surface area (Å²) in [6.45, 7) is 5.03. The number of aryl methyl sites for hydroxylation is 1. The van der Waals surface area contributed by atoms with Crippen LogP contribution in [0.4, 0.5) is 0 Å². The van der Waals surface area contributed by atoms with Crippen molar-refractivity contribution < 1.29 is 13.9 Å². The molecule has 0 N–H and O–H groups in total. The summed E-state index contributed by atoms with van der Waals surface area (Å²) in [5, 5.41) is 3.49. The van der Waals surface area contributed by atoms with Crippen molar-refractivity contribution in [1.29, 1.82) is 0 Å². The van der Waals surface area contributed by atoms with E-state index >= 15 is 0 Å². The molecule has 0 saturated carbocycles. The van der Waals surface area contributed by atoms with E-state index in [-0.39, 0.29) is 5.78 Å². The highest BCUT2D eigenvalue weighted by molar-refractivity contribution is 7.09. The monoisotopic (exact) mass is 329 g/mol. The number of nitrogens with zero attached hydrogens (tertiary/aromatic N) is 1. The molecule has 23 heavy (non-hydrogen) atoms. The zero-order valence-electron chi connectivity index (χ0n) is 13.0. The second kappa shape index (κ2) is 5.96. The Morgan fingerprint density at radius 2 is 2.13 bits per heavy atom. The molecule has 3 aromatic rings. The minimum atomic E-state index is -0.545. The van der Waals surface area contributed by atoms with Crippen molar-refractivity contribution in [3.8, 4) is 17.0 Å². The number of hydrogen-bond donors (Lipinski definition) is 0. The van der Waals surface area contributed by atoms with Gasteiger partial charge in [0.15, 0.2) is 11.9 Å². The summed E-state index contributed by atoms with van der Waals surface area (Å²) in [7, 11) is 0. The van der Waals surface area contributed by atoms with Gasteiger partial charge in [-0.15, -0.1) is 11.3 Å². The van der Waals surface area contributed by atoms with Crippen molar-refractivity contribution >= 4 is 28.1 Å². The van der Waals surface area contributed by atoms with Gasteiger partial charge in [-0.25, -0.2) is 9.78 Å². The van der Waals surface area contributed by atoms with Gasteiger partial charge in [-0.2, -0.15) is 0 Å². The van der Waals surface area contributed by atoms with Crippen LogP contribution < -0.4 is 10.4 Å². The number of benzene rings is 1. The van der Waals surface area contributed by atoms with Gasteiger partial charge >= 0.3 is 5.63 Å². The topological polar surface area (TPSA) is 69.4 Å². The number of hydrogen-bond acceptors (Lipinski definition) is 6. The second-order valence-corrected chi connectivity index (χ2v) is 6.33. The molecule has 1 unspecified atom stereocenters. The SMILES string of the molecule is CC(=O)C(C)Oc1ccc2cc(-c3csc(C)n3)c(=O)oc2c1. The van der Waals surface area contributed by atoms with Crippen molar-refractivity contribution in [2.75, 3.05) is 0 Å². The second-order valence-electron chi connectivity index (χ2n) is 5.27. The summed E-state index contributed by atoms with van der Waals surface area (Å²) in [5.74, 6) is 0.418. The Balaban J connectivity index is 2.02. The van der Waals surface area contributed by atoms with Crippen LogP contribution in [0.15, 0.2) is 38.9 Å². The maximum absolute atomic E-state index is 12.2. The Hall–Kier alpha value is -2.47. The molecule has 0 saturated heterocycles. The van der Waals surface area contributed by atoms with Crippen LogP contribution in [0.2, 0.25) is 0 Å². The van der Waals surface area contributed by atoms with Gasteiger partial charge in [0, 0.05) is 16.8 Å². The van der Waals surface area contributed by atoms with Crippen LogP contribution in [-0.2, 0) is 4.79 Å². The Labute approximate surface area is 136 Å². The highest BCUT2D eigenvalue weighted by Gasteiger charge is 2.13. The Morgan fingerprint density at radius 3 is 2.78 bits per heavy atom. The summed E-state index contributed by atoms with van der Waals surface area (Å²) < 4.78 is 10.9. The molecule has 0 aliphatic rings. The normalized spacial score (nSPS) is 12.3. The van der Waals surface area contributed by atoms with Crippen molar-refractivity contribution in [1.82, 2.24) is 4.98 Å². The van der Waals surface area contributed by atoms with Gasteiger partial charge in [0.05, 0.1) is 16.3 Å². The van der Waals surface area contributed by atoms with Gasteiger partial charge in [-0.05, 0) is 39.0 Å². The fraction of sp³-hybridized carbons (Fsp3) is 0.235. The first-order valence-corrected chi connectivity index (χ1v) is 7.99. The van der Waals surface area contributed by atoms with Gasteiger partial charge < -0.3 is 9.15 Å². The van der Waals surface area contributed by atoms with E-state index in [1.54, 1.807) is 31.2 Å². The van der Waals surface area contributed by atoms with Gasteiger partial charge in [0.25, 0.3) is 0 Å². The molecule has 5 nitrogen and oxygen atoms in total. The van der Waals surface area contributed by atoms with Crippen LogP contribution in [0.5, 0.6) is 5.75 Å². The molecule has 1 aromatic carbocycles. The molecule has 0 aliphatic heterocycles. The molecular weight excluding hydrogens is 314 g/mol. The van der Waals surface area contributed by atoms with Crippen LogP contribution in [0.3, 0.4) is 0 Å². The maximum Gasteiger partial charge on any atom is 0.345 e. The smallest absolute Gasteiger partial charge is 0.345 e. The lowest BCUT2D eigenvalue weighted by Crippen LogP contribution is -2.20. The van der Waals surface area contributed by atoms with Crippen molar-refractivity contribution in [2.45, 2.75) is 26.9 Å². The molecule has 118 valence electrons. The molecule has 0 radical (unpaired) electrons. The van der Waals surface area contributed by atoms with Crippen LogP contribution in [0.1, 0.15) is 18.9 Å². The molecule has 0 bridgehead atoms. The number of carbonyl (C=O) groups is 1. The van der Waals surface area contributed by atoms with Gasteiger partial charge in [0.1, 0.15) is 11.3 Å². The lowest BCUT2D eigenvalue weighted by Gasteiger charge is -2.11. The Kier molecular flexibility index (Phi) is 4.00. The summed E-state index contributed by atoms with van der Waals surface area (Å²) >= 11 is 1.48. The van der Waals surface area contributed by atoms with E-state index in [2.05, 4.69) is 4.98 Å². The summed E-state index contributed by atoms with van der Waals surface area (Å²) in [5.41, 5.74) is 1.03. The number of ketones is 1. The molecule has 0 fully saturated rings. The molecule has 1 atom stereocenters. The van der Waals surface area contributed by atoms with Crippen molar-refractivity contribution in [3.63, 3.8) is 0 Å². The van der Waals surface area contributed by atoms with Gasteiger partial charge in [-0.1, -0.05) is 0 Å². The van der Waals surface area contributed by atoms with Crippen molar-refractivity contribution in [3.05, 3.63) is 45.1 Å². The first-order valence-electron chi connectivity index (χ1n) is 7.11. The van der Waals surface area contributed by atoms with E-state index in [1.165, 1.54) is 18.3 Å². The first kappa shape index (κ1) is 15.4. The van der Waals surface area contributed by atoms with E-state index in [4.69, 9.17) is 9.15 Å². The quantitative estimate of drug-likeness (QED) is 0.684. The lowest BCUT2D eigenvalue weighted by atomic mass is 10.1. The van der Waals surface area contributed by atoms with Gasteiger partial charge in [-0.3, -0.25) is 4.79 Å². The van der Waals surface area contributed by atoms with Crippen LogP contribution in [0, 0.1) is 6.92 Å². The number of fused-ring (bicyclic) bond motifs is 1. The fourth-order valence-electron chi connectivity index (χ4n) is 2.12. The number of Topliss-reactive ketones (excluding diaryl/α,β-unsaturated/α-hetero) is 1. The van der Waals surface area contributed by atoms with E-state index in [0.717, 1.165) is 10.4 Å². The predicted octanol–water partition coefficient (Wildman–Crippen LogP) is 3.58. The van der Waals surface area contributed by atoms with E-state index in [1.807, 2.05) is 12.3 Å². The minimum absolute atomic E-state index is 0.0687. The number of carbonyl (C=O) groups excluding carboxylic acids is 1. The number of rotatable bonds is 4. The molecule has 2 aromatic heterocycles. The van der Waals surface area contributed by atoms with Crippen LogP contribution in [0.25, 0.3) is 22.2 Å². The average Bonchev–Trinajstić information content (AvgIpc) is 2.92. The maximum atomic E-state index is 12.2. The standard InChI is InChI=1S/C17H15NO4S/c1-9(19)10(2)21-13-5-4-12-6-14(15-8-23-11(3)18-15)17(20)22-16(12)7-13/h4-8,10H,1-3H3. The third kappa shape index (κ3) is 3.17. The van der Waals surface area contributed by atoms with E-state index < -0.39 is 11.7 Å². The number of ether oxygens (including phenoxy) is 1. The zero-order valence-corrected chi connectivity index (χ0v) is 13.8. The lowest BCUT2D eigenvalue weighted by molar-refractivity contribution is -0.122. The van der Waals surface area contributed by atoms with Gasteiger partial charge in [0.2, 0.25) is 0 Å². The van der Waals surface area contributed by atoms with E-state index in [9.17, 15) is 9.59 Å². The number of thiazole rings is 1. The van der Waals surface area contributed by atoms with Crippen LogP contribution in [-0.4, -0.2) is 16.9 Å². The molecule has 2 heterocycles. The summed E-state index contributed by atoms with van der Waals surface area (Å²) in [6.07, 6.45) is -0.545. The number of aromatic nitrogens is 1. The summed E-state index contributed by atoms with van der Waals surface area (Å²) in [6, 6.07) is 6.92. The zero-order chi connectivity index (χ0) is 16.6. The molecule has 0 spiro atoms. The highest BCUT2D eigenvalue weighted by atomic mass is 32.1. The molecule has 6 heteroatoms. The largest absolute Gasteiger partial charge is 0.483 e. The first-order chi connectivity index (χ1) is 10.9. The molecule has 0 aliphatic carbocycles. The summed E-state index contributed by atoms with van der Waals surface area (Å²) in [4.78, 5) is 27.8. The Morgan fingerprint density at radius 1 is 1.35 bits per heavy atom. The average molecular weight is 329 g/mol. The molecule has 0 amide bonds. The third-order valence-corrected chi connectivity index (χ3v) is 4.26. The molecular formula is C17H15NO4S. The highest BCUT2D eigenvalue weighted by Crippen LogP contribution is 2.25. The third-order valence-electron chi connectivity index (χ3n) is 3.49. The predicted molar refractivity (Wildman–Crippen MR) is 89.1 cm³/mol.